The molecule has 0 spiro atoms. The van der Waals surface area contributed by atoms with Crippen LogP contribution in [0.2, 0.25) is 0 Å². The molecule has 0 saturated heterocycles. The summed E-state index contributed by atoms with van der Waals surface area (Å²) < 4.78 is 0.692. The van der Waals surface area contributed by atoms with Crippen LogP contribution in [0.15, 0.2) is 30.3 Å². The lowest BCUT2D eigenvalue weighted by atomic mass is 9.92. The second-order valence-electron chi connectivity index (χ2n) is 6.09. The van der Waals surface area contributed by atoms with Crippen molar-refractivity contribution < 1.29 is 0 Å². The summed E-state index contributed by atoms with van der Waals surface area (Å²) in [6.07, 6.45) is 0.886. The van der Waals surface area contributed by atoms with Crippen LogP contribution in [0.5, 0.6) is 0 Å². The SMILES string of the molecule is Cc1c(-c2ccccc2)[nH]c(CC(C)(C)C)nc1=S. The Bertz CT molecular complexity index is 621. The number of benzene rings is 1. The summed E-state index contributed by atoms with van der Waals surface area (Å²) in [6.45, 7) is 8.63. The number of rotatable bonds is 2. The lowest BCUT2D eigenvalue weighted by molar-refractivity contribution is 0.400. The minimum atomic E-state index is 0.189. The molecule has 1 N–H and O–H groups in total. The Balaban J connectivity index is 2.53. The number of aromatic nitrogens is 2. The quantitative estimate of drug-likeness (QED) is 0.802. The molecule has 0 unspecified atom stereocenters. The van der Waals surface area contributed by atoms with Crippen LogP contribution in [0.4, 0.5) is 0 Å². The molecule has 0 bridgehead atoms. The summed E-state index contributed by atoms with van der Waals surface area (Å²) in [5.41, 5.74) is 3.47. The fourth-order valence-electron chi connectivity index (χ4n) is 2.06. The smallest absolute Gasteiger partial charge is 0.133 e. The number of aromatic amines is 1. The molecule has 0 aliphatic carbocycles. The minimum absolute atomic E-state index is 0.189. The van der Waals surface area contributed by atoms with Gasteiger partial charge in [0.25, 0.3) is 0 Å². The third-order valence-electron chi connectivity index (χ3n) is 2.96. The van der Waals surface area contributed by atoms with Gasteiger partial charge in [0, 0.05) is 12.0 Å². The van der Waals surface area contributed by atoms with Gasteiger partial charge < -0.3 is 4.98 Å². The van der Waals surface area contributed by atoms with Gasteiger partial charge in [0.1, 0.15) is 10.5 Å². The zero-order valence-electron chi connectivity index (χ0n) is 11.9. The number of H-pyrrole nitrogens is 1. The van der Waals surface area contributed by atoms with Gasteiger partial charge in [0.05, 0.1) is 5.69 Å². The van der Waals surface area contributed by atoms with E-state index >= 15 is 0 Å². The number of nitrogens with zero attached hydrogens (tertiary/aromatic N) is 1. The number of hydrogen-bond donors (Lipinski definition) is 1. The summed E-state index contributed by atoms with van der Waals surface area (Å²) in [7, 11) is 0. The van der Waals surface area contributed by atoms with Crippen molar-refractivity contribution in [1.82, 2.24) is 9.97 Å². The zero-order chi connectivity index (χ0) is 14.0. The normalized spacial score (nSPS) is 11.6. The van der Waals surface area contributed by atoms with Crippen molar-refractivity contribution in [1.29, 1.82) is 0 Å². The van der Waals surface area contributed by atoms with Gasteiger partial charge in [-0.05, 0) is 17.9 Å². The van der Waals surface area contributed by atoms with Gasteiger partial charge in [-0.3, -0.25) is 0 Å². The van der Waals surface area contributed by atoms with Crippen LogP contribution in [-0.4, -0.2) is 9.97 Å². The van der Waals surface area contributed by atoms with Gasteiger partial charge in [-0.2, -0.15) is 0 Å². The molecule has 0 radical (unpaired) electrons. The molecule has 0 aliphatic rings. The third-order valence-corrected chi connectivity index (χ3v) is 3.36. The first kappa shape index (κ1) is 13.9. The van der Waals surface area contributed by atoms with Crippen LogP contribution in [0.25, 0.3) is 11.3 Å². The van der Waals surface area contributed by atoms with Crippen LogP contribution < -0.4 is 0 Å². The molecule has 2 nitrogen and oxygen atoms in total. The summed E-state index contributed by atoms with van der Waals surface area (Å²) in [5, 5.41) is 0. The van der Waals surface area contributed by atoms with Crippen molar-refractivity contribution in [3.63, 3.8) is 0 Å². The van der Waals surface area contributed by atoms with Crippen LogP contribution in [-0.2, 0) is 6.42 Å². The molecule has 1 aromatic heterocycles. The molecule has 0 amide bonds. The van der Waals surface area contributed by atoms with E-state index in [4.69, 9.17) is 12.2 Å². The average molecular weight is 272 g/mol. The maximum absolute atomic E-state index is 5.39. The summed E-state index contributed by atoms with van der Waals surface area (Å²) in [5.74, 6) is 0.960. The van der Waals surface area contributed by atoms with Crippen molar-refractivity contribution in [3.05, 3.63) is 46.4 Å². The van der Waals surface area contributed by atoms with E-state index in [1.54, 1.807) is 0 Å². The highest BCUT2D eigenvalue weighted by Gasteiger charge is 2.14. The predicted octanol–water partition coefficient (Wildman–Crippen LogP) is 4.70. The Hall–Kier alpha value is -1.48. The first-order valence-electron chi connectivity index (χ1n) is 6.52. The zero-order valence-corrected chi connectivity index (χ0v) is 12.8. The standard InChI is InChI=1S/C16H20N2S/c1-11-14(12-8-6-5-7-9-12)17-13(18-15(11)19)10-16(2,3)4/h5-9H,10H2,1-4H3,(H,17,18,19). The molecule has 1 heterocycles. The highest BCUT2D eigenvalue weighted by atomic mass is 32.1. The lowest BCUT2D eigenvalue weighted by Crippen LogP contribution is -2.13. The largest absolute Gasteiger partial charge is 0.343 e. The van der Waals surface area contributed by atoms with Crippen molar-refractivity contribution in [2.45, 2.75) is 34.1 Å². The summed E-state index contributed by atoms with van der Waals surface area (Å²) in [6, 6.07) is 10.3. The van der Waals surface area contributed by atoms with E-state index in [-0.39, 0.29) is 5.41 Å². The molecule has 0 saturated carbocycles. The molecule has 3 heteroatoms. The van der Waals surface area contributed by atoms with Crippen molar-refractivity contribution in [2.75, 3.05) is 0 Å². The monoisotopic (exact) mass is 272 g/mol. The molecule has 100 valence electrons. The van der Waals surface area contributed by atoms with Gasteiger partial charge in [0.2, 0.25) is 0 Å². The van der Waals surface area contributed by atoms with E-state index in [1.807, 2.05) is 25.1 Å². The van der Waals surface area contributed by atoms with E-state index in [1.165, 1.54) is 0 Å². The second kappa shape index (κ2) is 5.25. The first-order valence-corrected chi connectivity index (χ1v) is 6.93. The van der Waals surface area contributed by atoms with Gasteiger partial charge in [-0.1, -0.05) is 63.3 Å². The second-order valence-corrected chi connectivity index (χ2v) is 6.48. The fourth-order valence-corrected chi connectivity index (χ4v) is 2.27. The molecule has 0 aliphatic heterocycles. The van der Waals surface area contributed by atoms with Gasteiger partial charge in [0.15, 0.2) is 0 Å². The maximum Gasteiger partial charge on any atom is 0.133 e. The topological polar surface area (TPSA) is 28.7 Å². The molecule has 19 heavy (non-hydrogen) atoms. The van der Waals surface area contributed by atoms with Gasteiger partial charge in [-0.15, -0.1) is 0 Å². The van der Waals surface area contributed by atoms with E-state index in [0.29, 0.717) is 4.64 Å². The highest BCUT2D eigenvalue weighted by molar-refractivity contribution is 7.71. The van der Waals surface area contributed by atoms with Crippen molar-refractivity contribution >= 4 is 12.2 Å². The molecular weight excluding hydrogens is 252 g/mol. The summed E-state index contributed by atoms with van der Waals surface area (Å²) >= 11 is 5.39. The highest BCUT2D eigenvalue weighted by Crippen LogP contribution is 2.24. The van der Waals surface area contributed by atoms with E-state index in [9.17, 15) is 0 Å². The third kappa shape index (κ3) is 3.51. The Morgan fingerprint density at radius 2 is 1.79 bits per heavy atom. The Morgan fingerprint density at radius 3 is 2.37 bits per heavy atom. The van der Waals surface area contributed by atoms with Crippen LogP contribution in [0.1, 0.15) is 32.2 Å². The Labute approximate surface area is 119 Å². The van der Waals surface area contributed by atoms with Gasteiger partial charge in [-0.25, -0.2) is 4.98 Å². The van der Waals surface area contributed by atoms with E-state index < -0.39 is 0 Å². The van der Waals surface area contributed by atoms with Crippen LogP contribution >= 0.6 is 12.2 Å². The molecule has 0 fully saturated rings. The van der Waals surface area contributed by atoms with Crippen LogP contribution in [0, 0.1) is 17.0 Å². The number of nitrogens with one attached hydrogen (secondary N) is 1. The molecule has 2 aromatic rings. The Kier molecular flexibility index (Phi) is 3.85. The first-order chi connectivity index (χ1) is 8.87. The molecule has 0 atom stereocenters. The fraction of sp³-hybridized carbons (Fsp3) is 0.375. The van der Waals surface area contributed by atoms with Crippen molar-refractivity contribution in [3.8, 4) is 11.3 Å². The molecular formula is C16H20N2S. The summed E-state index contributed by atoms with van der Waals surface area (Å²) in [4.78, 5) is 7.95. The minimum Gasteiger partial charge on any atom is -0.343 e. The van der Waals surface area contributed by atoms with E-state index in [2.05, 4.69) is 42.9 Å². The maximum atomic E-state index is 5.39. The molecule has 2 rings (SSSR count). The number of hydrogen-bond acceptors (Lipinski definition) is 2. The Morgan fingerprint density at radius 1 is 1.16 bits per heavy atom. The van der Waals surface area contributed by atoms with Crippen LogP contribution in [0.3, 0.4) is 0 Å². The van der Waals surface area contributed by atoms with Crippen molar-refractivity contribution in [2.24, 2.45) is 5.41 Å². The lowest BCUT2D eigenvalue weighted by Gasteiger charge is -2.18. The average Bonchev–Trinajstić information content (AvgIpc) is 2.33. The van der Waals surface area contributed by atoms with E-state index in [0.717, 1.165) is 29.1 Å². The van der Waals surface area contributed by atoms with Gasteiger partial charge >= 0.3 is 0 Å². The molecule has 1 aromatic carbocycles. The predicted molar refractivity (Wildman–Crippen MR) is 82.8 cm³/mol.